The maximum absolute atomic E-state index is 5.53. The first-order valence-electron chi connectivity index (χ1n) is 7.53. The number of rotatable bonds is 9. The lowest BCUT2D eigenvalue weighted by Crippen LogP contribution is -2.37. The SMILES string of the molecule is CCCNC(=NCc1ccc(OCCOC)cc1)NCC.I. The lowest BCUT2D eigenvalue weighted by molar-refractivity contribution is 0.146. The van der Waals surface area contributed by atoms with Crippen molar-refractivity contribution in [2.45, 2.75) is 26.8 Å². The van der Waals surface area contributed by atoms with E-state index < -0.39 is 0 Å². The molecular weight excluding hydrogens is 393 g/mol. The molecule has 0 bridgehead atoms. The first-order valence-corrected chi connectivity index (χ1v) is 7.53. The predicted molar refractivity (Wildman–Crippen MR) is 102 cm³/mol. The van der Waals surface area contributed by atoms with Crippen LogP contribution in [0.2, 0.25) is 0 Å². The van der Waals surface area contributed by atoms with Crippen LogP contribution in [0, 0.1) is 0 Å². The minimum Gasteiger partial charge on any atom is -0.491 e. The highest BCUT2D eigenvalue weighted by Gasteiger charge is 1.98. The maximum atomic E-state index is 5.53. The molecule has 0 saturated carbocycles. The molecule has 0 heterocycles. The maximum Gasteiger partial charge on any atom is 0.191 e. The number of hydrogen-bond acceptors (Lipinski definition) is 3. The van der Waals surface area contributed by atoms with Crippen LogP contribution in [-0.4, -0.2) is 39.4 Å². The molecule has 0 aromatic heterocycles. The van der Waals surface area contributed by atoms with Gasteiger partial charge in [0.15, 0.2) is 5.96 Å². The summed E-state index contributed by atoms with van der Waals surface area (Å²) in [6, 6.07) is 8.00. The van der Waals surface area contributed by atoms with Crippen molar-refractivity contribution in [3.63, 3.8) is 0 Å². The molecule has 22 heavy (non-hydrogen) atoms. The van der Waals surface area contributed by atoms with Crippen LogP contribution in [0.5, 0.6) is 5.75 Å². The highest BCUT2D eigenvalue weighted by atomic mass is 127. The summed E-state index contributed by atoms with van der Waals surface area (Å²) in [5, 5.41) is 6.52. The van der Waals surface area contributed by atoms with Crippen molar-refractivity contribution in [2.24, 2.45) is 4.99 Å². The fraction of sp³-hybridized carbons (Fsp3) is 0.562. The number of nitrogens with one attached hydrogen (secondary N) is 2. The number of nitrogens with zero attached hydrogens (tertiary/aromatic N) is 1. The minimum atomic E-state index is 0. The number of aliphatic imine (C=N–C) groups is 1. The second kappa shape index (κ2) is 13.6. The zero-order valence-electron chi connectivity index (χ0n) is 13.7. The average Bonchev–Trinajstić information content (AvgIpc) is 2.51. The fourth-order valence-corrected chi connectivity index (χ4v) is 1.69. The number of methoxy groups -OCH3 is 1. The van der Waals surface area contributed by atoms with E-state index in [0.29, 0.717) is 19.8 Å². The van der Waals surface area contributed by atoms with Gasteiger partial charge in [0.1, 0.15) is 12.4 Å². The van der Waals surface area contributed by atoms with Crippen molar-refractivity contribution in [2.75, 3.05) is 33.4 Å². The molecule has 0 amide bonds. The van der Waals surface area contributed by atoms with E-state index in [4.69, 9.17) is 9.47 Å². The molecule has 126 valence electrons. The van der Waals surface area contributed by atoms with Crippen molar-refractivity contribution in [3.8, 4) is 5.75 Å². The van der Waals surface area contributed by atoms with Gasteiger partial charge in [-0.1, -0.05) is 19.1 Å². The van der Waals surface area contributed by atoms with Crippen LogP contribution in [-0.2, 0) is 11.3 Å². The quantitative estimate of drug-likeness (QED) is 0.279. The third kappa shape index (κ3) is 9.09. The normalized spacial score (nSPS) is 10.8. The monoisotopic (exact) mass is 421 g/mol. The van der Waals surface area contributed by atoms with E-state index in [1.165, 1.54) is 0 Å². The molecule has 0 fully saturated rings. The average molecular weight is 421 g/mol. The first kappa shape index (κ1) is 21.0. The topological polar surface area (TPSA) is 54.9 Å². The van der Waals surface area contributed by atoms with Crippen molar-refractivity contribution >= 4 is 29.9 Å². The van der Waals surface area contributed by atoms with Crippen LogP contribution in [0.3, 0.4) is 0 Å². The number of hydrogen-bond donors (Lipinski definition) is 2. The molecule has 0 atom stereocenters. The van der Waals surface area contributed by atoms with Gasteiger partial charge in [0.05, 0.1) is 13.2 Å². The highest BCUT2D eigenvalue weighted by Crippen LogP contribution is 2.12. The van der Waals surface area contributed by atoms with Gasteiger partial charge in [-0.25, -0.2) is 4.99 Å². The Morgan fingerprint density at radius 2 is 1.82 bits per heavy atom. The number of ether oxygens (including phenoxy) is 2. The molecule has 0 aliphatic heterocycles. The van der Waals surface area contributed by atoms with E-state index in [0.717, 1.165) is 36.8 Å². The molecule has 0 unspecified atom stereocenters. The third-order valence-electron chi connectivity index (χ3n) is 2.79. The first-order chi connectivity index (χ1) is 10.3. The molecule has 0 saturated heterocycles. The zero-order chi connectivity index (χ0) is 15.3. The largest absolute Gasteiger partial charge is 0.491 e. The van der Waals surface area contributed by atoms with Gasteiger partial charge in [0.25, 0.3) is 0 Å². The van der Waals surface area contributed by atoms with Gasteiger partial charge >= 0.3 is 0 Å². The molecule has 1 aromatic rings. The van der Waals surface area contributed by atoms with Crippen LogP contribution in [0.25, 0.3) is 0 Å². The summed E-state index contributed by atoms with van der Waals surface area (Å²) in [5.41, 5.74) is 1.16. The van der Waals surface area contributed by atoms with Gasteiger partial charge in [-0.3, -0.25) is 0 Å². The number of benzene rings is 1. The van der Waals surface area contributed by atoms with Crippen molar-refractivity contribution < 1.29 is 9.47 Å². The molecule has 6 heteroatoms. The minimum absolute atomic E-state index is 0. The third-order valence-corrected chi connectivity index (χ3v) is 2.79. The van der Waals surface area contributed by atoms with Gasteiger partial charge < -0.3 is 20.1 Å². The summed E-state index contributed by atoms with van der Waals surface area (Å²) in [5.74, 6) is 1.72. The van der Waals surface area contributed by atoms with E-state index in [1.54, 1.807) is 7.11 Å². The summed E-state index contributed by atoms with van der Waals surface area (Å²) in [4.78, 5) is 4.56. The fourth-order valence-electron chi connectivity index (χ4n) is 1.69. The molecule has 0 radical (unpaired) electrons. The van der Waals surface area contributed by atoms with Crippen LogP contribution in [0.4, 0.5) is 0 Å². The molecular formula is C16H28IN3O2. The zero-order valence-corrected chi connectivity index (χ0v) is 16.1. The van der Waals surface area contributed by atoms with Gasteiger partial charge in [0, 0.05) is 20.2 Å². The number of halogens is 1. The Labute approximate surface area is 150 Å². The van der Waals surface area contributed by atoms with E-state index >= 15 is 0 Å². The summed E-state index contributed by atoms with van der Waals surface area (Å²) in [6.45, 7) is 7.81. The summed E-state index contributed by atoms with van der Waals surface area (Å²) >= 11 is 0. The van der Waals surface area contributed by atoms with E-state index in [9.17, 15) is 0 Å². The van der Waals surface area contributed by atoms with Crippen LogP contribution in [0.15, 0.2) is 29.3 Å². The Kier molecular flexibility index (Phi) is 13.0. The Morgan fingerprint density at radius 3 is 2.41 bits per heavy atom. The standard InChI is InChI=1S/C16H27N3O2.HI/c1-4-10-18-16(17-5-2)19-13-14-6-8-15(9-7-14)21-12-11-20-3;/h6-9H,4-5,10-13H2,1-3H3,(H2,17,18,19);1H. The molecule has 5 nitrogen and oxygen atoms in total. The van der Waals surface area contributed by atoms with Crippen LogP contribution < -0.4 is 15.4 Å². The second-order valence-electron chi connectivity index (χ2n) is 4.61. The van der Waals surface area contributed by atoms with Crippen molar-refractivity contribution in [1.82, 2.24) is 10.6 Å². The van der Waals surface area contributed by atoms with Gasteiger partial charge in [-0.2, -0.15) is 0 Å². The van der Waals surface area contributed by atoms with Crippen LogP contribution in [0.1, 0.15) is 25.8 Å². The number of guanidine groups is 1. The van der Waals surface area contributed by atoms with E-state index in [-0.39, 0.29) is 24.0 Å². The van der Waals surface area contributed by atoms with Crippen LogP contribution >= 0.6 is 24.0 Å². The lowest BCUT2D eigenvalue weighted by atomic mass is 10.2. The molecule has 0 aliphatic carbocycles. The smallest absolute Gasteiger partial charge is 0.191 e. The second-order valence-corrected chi connectivity index (χ2v) is 4.61. The lowest BCUT2D eigenvalue weighted by Gasteiger charge is -2.10. The summed E-state index contributed by atoms with van der Waals surface area (Å²) in [6.07, 6.45) is 1.08. The Morgan fingerprint density at radius 1 is 1.09 bits per heavy atom. The van der Waals surface area contributed by atoms with Gasteiger partial charge in [-0.15, -0.1) is 24.0 Å². The Bertz CT molecular complexity index is 410. The van der Waals surface area contributed by atoms with E-state index in [2.05, 4.69) is 29.5 Å². The van der Waals surface area contributed by atoms with Gasteiger partial charge in [0.2, 0.25) is 0 Å². The molecule has 0 aliphatic rings. The molecule has 1 rings (SSSR count). The Hall–Kier alpha value is -1.02. The summed E-state index contributed by atoms with van der Waals surface area (Å²) < 4.78 is 10.5. The van der Waals surface area contributed by atoms with E-state index in [1.807, 2.05) is 24.3 Å². The Balaban J connectivity index is 0.00000441. The predicted octanol–water partition coefficient (Wildman–Crippen LogP) is 2.79. The highest BCUT2D eigenvalue weighted by molar-refractivity contribution is 14.0. The molecule has 0 spiro atoms. The summed E-state index contributed by atoms with van der Waals surface area (Å²) in [7, 11) is 1.67. The van der Waals surface area contributed by atoms with Crippen molar-refractivity contribution in [3.05, 3.63) is 29.8 Å². The molecule has 2 N–H and O–H groups in total. The van der Waals surface area contributed by atoms with Crippen molar-refractivity contribution in [1.29, 1.82) is 0 Å². The molecule has 1 aromatic carbocycles. The van der Waals surface area contributed by atoms with Gasteiger partial charge in [-0.05, 0) is 31.0 Å².